The number of ether oxygens (including phenoxy) is 1. The summed E-state index contributed by atoms with van der Waals surface area (Å²) in [7, 11) is 0. The zero-order valence-corrected chi connectivity index (χ0v) is 17.4. The Morgan fingerprint density at radius 2 is 1.73 bits per heavy atom. The van der Waals surface area contributed by atoms with E-state index < -0.39 is 5.97 Å². The fourth-order valence-corrected chi connectivity index (χ4v) is 3.71. The summed E-state index contributed by atoms with van der Waals surface area (Å²) in [5.74, 6) is -0.115. The molecule has 0 unspecified atom stereocenters. The van der Waals surface area contributed by atoms with Gasteiger partial charge in [-0.2, -0.15) is 0 Å². The van der Waals surface area contributed by atoms with Crippen LogP contribution in [0.25, 0.3) is 16.6 Å². The number of fused-ring (bicyclic) bond motifs is 1. The van der Waals surface area contributed by atoms with Gasteiger partial charge in [-0.15, -0.1) is 0 Å². The fourth-order valence-electron chi connectivity index (χ4n) is 3.71. The summed E-state index contributed by atoms with van der Waals surface area (Å²) in [6.45, 7) is 6.89. The van der Waals surface area contributed by atoms with Gasteiger partial charge >= 0.3 is 5.97 Å². The Kier molecular flexibility index (Phi) is 5.08. The van der Waals surface area contributed by atoms with Gasteiger partial charge in [0.15, 0.2) is 0 Å². The smallest absolute Gasteiger partial charge is 0.338 e. The molecular weight excluding hydrogens is 374 g/mol. The maximum Gasteiger partial charge on any atom is 0.338 e. The van der Waals surface area contributed by atoms with Crippen molar-refractivity contribution in [1.29, 1.82) is 0 Å². The zero-order valence-electron chi connectivity index (χ0n) is 17.4. The molecule has 0 saturated heterocycles. The first kappa shape index (κ1) is 19.8. The Bertz CT molecular complexity index is 1200. The van der Waals surface area contributed by atoms with Crippen molar-refractivity contribution in [3.8, 4) is 16.9 Å². The van der Waals surface area contributed by atoms with E-state index in [0.717, 1.165) is 22.4 Å². The van der Waals surface area contributed by atoms with Crippen LogP contribution in [-0.4, -0.2) is 15.5 Å². The highest BCUT2D eigenvalue weighted by atomic mass is 16.5. The molecule has 0 atom stereocenters. The number of nitrogens with zero attached hydrogens (tertiary/aromatic N) is 1. The Labute approximate surface area is 176 Å². The van der Waals surface area contributed by atoms with Crippen molar-refractivity contribution in [2.45, 2.75) is 32.8 Å². The number of rotatable bonds is 5. The maximum absolute atomic E-state index is 12.0. The minimum Gasteiger partial charge on any atom is -0.489 e. The molecule has 0 fully saturated rings. The molecule has 2 heterocycles. The highest BCUT2D eigenvalue weighted by molar-refractivity contribution is 6.03. The molecule has 4 heteroatoms. The third kappa shape index (κ3) is 3.81. The van der Waals surface area contributed by atoms with Crippen molar-refractivity contribution in [2.75, 3.05) is 0 Å². The van der Waals surface area contributed by atoms with Crippen LogP contribution in [0.3, 0.4) is 0 Å². The summed E-state index contributed by atoms with van der Waals surface area (Å²) in [4.78, 5) is 12.0. The molecular formula is C26H25NO3. The predicted molar refractivity (Wildman–Crippen MR) is 119 cm³/mol. The van der Waals surface area contributed by atoms with Crippen LogP contribution < -0.4 is 4.74 Å². The van der Waals surface area contributed by atoms with Gasteiger partial charge in [0.2, 0.25) is 0 Å². The average molecular weight is 399 g/mol. The minimum absolute atomic E-state index is 0.162. The first-order valence-corrected chi connectivity index (χ1v) is 9.99. The number of carbonyl (C=O) groups is 1. The fraction of sp³-hybridized carbons (Fsp3) is 0.192. The second kappa shape index (κ2) is 7.71. The number of aromatic carboxylic acids is 1. The molecule has 0 bridgehead atoms. The van der Waals surface area contributed by atoms with Crippen molar-refractivity contribution in [3.05, 3.63) is 95.8 Å². The highest BCUT2D eigenvalue weighted by Crippen LogP contribution is 2.37. The Morgan fingerprint density at radius 3 is 2.43 bits per heavy atom. The molecule has 0 amide bonds. The van der Waals surface area contributed by atoms with Crippen LogP contribution in [0.5, 0.6) is 5.75 Å². The first-order chi connectivity index (χ1) is 14.3. The number of pyridine rings is 1. The zero-order chi connectivity index (χ0) is 21.3. The quantitative estimate of drug-likeness (QED) is 0.436. The summed E-state index contributed by atoms with van der Waals surface area (Å²) < 4.78 is 8.01. The van der Waals surface area contributed by atoms with E-state index in [9.17, 15) is 9.90 Å². The number of carboxylic acids is 1. The first-order valence-electron chi connectivity index (χ1n) is 9.99. The van der Waals surface area contributed by atoms with E-state index in [4.69, 9.17) is 4.74 Å². The third-order valence-corrected chi connectivity index (χ3v) is 5.23. The normalized spacial score (nSPS) is 11.6. The summed E-state index contributed by atoms with van der Waals surface area (Å²) in [5.41, 5.74) is 4.55. The van der Waals surface area contributed by atoms with E-state index in [1.165, 1.54) is 0 Å². The highest BCUT2D eigenvalue weighted by Gasteiger charge is 2.23. The molecule has 152 valence electrons. The molecule has 0 aliphatic heterocycles. The maximum atomic E-state index is 12.0. The molecule has 0 spiro atoms. The Morgan fingerprint density at radius 1 is 1.00 bits per heavy atom. The number of aromatic nitrogens is 1. The molecule has 1 N–H and O–H groups in total. The second-order valence-electron chi connectivity index (χ2n) is 8.45. The molecule has 2 aromatic heterocycles. The average Bonchev–Trinajstić information content (AvgIpc) is 3.12. The van der Waals surface area contributed by atoms with E-state index in [-0.39, 0.29) is 5.41 Å². The van der Waals surface area contributed by atoms with Crippen LogP contribution in [0.1, 0.15) is 42.3 Å². The summed E-state index contributed by atoms with van der Waals surface area (Å²) >= 11 is 0. The van der Waals surface area contributed by atoms with Crippen molar-refractivity contribution in [1.82, 2.24) is 4.40 Å². The molecule has 0 radical (unpaired) electrons. The van der Waals surface area contributed by atoms with Crippen LogP contribution in [0, 0.1) is 0 Å². The molecule has 2 aromatic carbocycles. The van der Waals surface area contributed by atoms with Crippen molar-refractivity contribution in [2.24, 2.45) is 0 Å². The van der Waals surface area contributed by atoms with E-state index >= 15 is 0 Å². The molecule has 4 rings (SSSR count). The lowest BCUT2D eigenvalue weighted by atomic mass is 9.84. The summed E-state index contributed by atoms with van der Waals surface area (Å²) in [6.07, 6.45) is 3.75. The predicted octanol–water partition coefficient (Wildman–Crippen LogP) is 6.18. The van der Waals surface area contributed by atoms with Gasteiger partial charge in [0.25, 0.3) is 0 Å². The molecule has 30 heavy (non-hydrogen) atoms. The van der Waals surface area contributed by atoms with Gasteiger partial charge in [-0.3, -0.25) is 0 Å². The molecule has 0 saturated carbocycles. The van der Waals surface area contributed by atoms with E-state index in [1.807, 2.05) is 77.5 Å². The topological polar surface area (TPSA) is 50.9 Å². The van der Waals surface area contributed by atoms with E-state index in [1.54, 1.807) is 0 Å². The van der Waals surface area contributed by atoms with Crippen molar-refractivity contribution >= 4 is 11.5 Å². The minimum atomic E-state index is -0.930. The molecule has 0 aliphatic carbocycles. The lowest BCUT2D eigenvalue weighted by Gasteiger charge is -2.24. The number of carboxylic acid groups (broad SMARTS) is 1. The standard InChI is InChI=1S/C26H25NO3/c1-26(2,3)21-15-19(12-13-23(21)30-17-18-9-5-4-6-10-18)20-16-27-14-8-7-11-22(27)24(20)25(28)29/h4-16H,17H2,1-3H3,(H,28,29). The van der Waals surface area contributed by atoms with E-state index in [0.29, 0.717) is 23.3 Å². The monoisotopic (exact) mass is 399 g/mol. The molecule has 4 nitrogen and oxygen atoms in total. The Hall–Kier alpha value is -3.53. The van der Waals surface area contributed by atoms with Crippen LogP contribution >= 0.6 is 0 Å². The number of hydrogen-bond acceptors (Lipinski definition) is 2. The largest absolute Gasteiger partial charge is 0.489 e. The van der Waals surface area contributed by atoms with Crippen LogP contribution in [-0.2, 0) is 12.0 Å². The lowest BCUT2D eigenvalue weighted by Crippen LogP contribution is -2.14. The second-order valence-corrected chi connectivity index (χ2v) is 8.45. The number of benzene rings is 2. The van der Waals surface area contributed by atoms with Gasteiger partial charge in [-0.1, -0.05) is 63.2 Å². The van der Waals surface area contributed by atoms with Gasteiger partial charge < -0.3 is 14.2 Å². The van der Waals surface area contributed by atoms with E-state index in [2.05, 4.69) is 26.8 Å². The summed E-state index contributed by atoms with van der Waals surface area (Å²) in [6, 6.07) is 21.6. The number of hydrogen-bond donors (Lipinski definition) is 1. The molecule has 0 aliphatic rings. The summed E-state index contributed by atoms with van der Waals surface area (Å²) in [5, 5.41) is 9.87. The van der Waals surface area contributed by atoms with Gasteiger partial charge in [0.1, 0.15) is 12.4 Å². The van der Waals surface area contributed by atoms with Crippen LogP contribution in [0.4, 0.5) is 0 Å². The SMILES string of the molecule is CC(C)(C)c1cc(-c2cn3ccccc3c2C(=O)O)ccc1OCc1ccccc1. The Balaban J connectivity index is 1.78. The lowest BCUT2D eigenvalue weighted by molar-refractivity contribution is 0.0700. The van der Waals surface area contributed by atoms with Gasteiger partial charge in [0, 0.05) is 23.5 Å². The van der Waals surface area contributed by atoms with Crippen molar-refractivity contribution in [3.63, 3.8) is 0 Å². The molecule has 4 aromatic rings. The van der Waals surface area contributed by atoms with Gasteiger partial charge in [-0.25, -0.2) is 4.79 Å². The third-order valence-electron chi connectivity index (χ3n) is 5.23. The van der Waals surface area contributed by atoms with Crippen molar-refractivity contribution < 1.29 is 14.6 Å². The van der Waals surface area contributed by atoms with Crippen LogP contribution in [0.2, 0.25) is 0 Å². The van der Waals surface area contributed by atoms with Crippen LogP contribution in [0.15, 0.2) is 79.1 Å². The van der Waals surface area contributed by atoms with Gasteiger partial charge in [-0.05, 0) is 40.8 Å². The van der Waals surface area contributed by atoms with Gasteiger partial charge in [0.05, 0.1) is 11.1 Å².